The van der Waals surface area contributed by atoms with Crippen LogP contribution in [0.3, 0.4) is 0 Å². The number of allylic oxidation sites excluding steroid dienone is 1. The minimum atomic E-state index is -1.09. The highest BCUT2D eigenvalue weighted by Crippen LogP contribution is 2.58. The van der Waals surface area contributed by atoms with Crippen molar-refractivity contribution in [3.63, 3.8) is 0 Å². The number of hydrogen-bond acceptors (Lipinski definition) is 4. The summed E-state index contributed by atoms with van der Waals surface area (Å²) in [5.74, 6) is -1.09. The van der Waals surface area contributed by atoms with Gasteiger partial charge in [0.05, 0.1) is 6.10 Å². The maximum Gasteiger partial charge on any atom is 0.336 e. The van der Waals surface area contributed by atoms with Crippen molar-refractivity contribution in [1.29, 1.82) is 0 Å². The minimum absolute atomic E-state index is 0.330. The van der Waals surface area contributed by atoms with E-state index in [1.165, 1.54) is 0 Å². The molecular weight excluding hydrogens is 268 g/mol. The number of carbonyl (C=O) groups excluding carboxylic acids is 1. The Balaban J connectivity index is 2.16. The van der Waals surface area contributed by atoms with Gasteiger partial charge in [0.1, 0.15) is 0 Å². The number of ether oxygens (including phenoxy) is 2. The first kappa shape index (κ1) is 14.8. The molecule has 0 spiro atoms. The molecule has 4 nitrogen and oxygen atoms in total. The van der Waals surface area contributed by atoms with Crippen molar-refractivity contribution in [2.75, 3.05) is 6.61 Å². The molecule has 116 valence electrons. The molecule has 2 aliphatic carbocycles. The third-order valence-corrected chi connectivity index (χ3v) is 5.73. The van der Waals surface area contributed by atoms with Gasteiger partial charge < -0.3 is 14.6 Å². The van der Waals surface area contributed by atoms with Crippen molar-refractivity contribution in [3.8, 4) is 0 Å². The highest BCUT2D eigenvalue weighted by atomic mass is 16.7. The molecule has 1 fully saturated rings. The van der Waals surface area contributed by atoms with Crippen LogP contribution in [-0.4, -0.2) is 29.6 Å². The van der Waals surface area contributed by atoms with Gasteiger partial charge in [-0.3, -0.25) is 0 Å². The summed E-state index contributed by atoms with van der Waals surface area (Å²) in [7, 11) is 0. The van der Waals surface area contributed by atoms with Crippen molar-refractivity contribution in [2.24, 2.45) is 11.3 Å². The molecule has 21 heavy (non-hydrogen) atoms. The number of esters is 1. The molecule has 4 heteroatoms. The van der Waals surface area contributed by atoms with Gasteiger partial charge in [0.2, 0.25) is 5.79 Å². The summed E-state index contributed by atoms with van der Waals surface area (Å²) in [6, 6.07) is 0. The molecule has 0 amide bonds. The van der Waals surface area contributed by atoms with Crippen LogP contribution in [0.5, 0.6) is 0 Å². The Bertz CT molecular complexity index is 547. The van der Waals surface area contributed by atoms with Crippen LogP contribution in [0.2, 0.25) is 0 Å². The Morgan fingerprint density at radius 3 is 2.90 bits per heavy atom. The monoisotopic (exact) mass is 292 g/mol. The fourth-order valence-corrected chi connectivity index (χ4v) is 4.22. The van der Waals surface area contributed by atoms with E-state index in [0.29, 0.717) is 30.1 Å². The largest absolute Gasteiger partial charge is 0.425 e. The Morgan fingerprint density at radius 2 is 2.24 bits per heavy atom. The lowest BCUT2D eigenvalue weighted by molar-refractivity contribution is -0.215. The molecule has 1 N–H and O–H groups in total. The molecule has 4 unspecified atom stereocenters. The fourth-order valence-electron chi connectivity index (χ4n) is 4.22. The zero-order valence-corrected chi connectivity index (χ0v) is 13.2. The average molecular weight is 292 g/mol. The summed E-state index contributed by atoms with van der Waals surface area (Å²) in [6.45, 7) is 8.33. The summed E-state index contributed by atoms with van der Waals surface area (Å²) in [6.07, 6.45) is 4.07. The second-order valence-electron chi connectivity index (χ2n) is 6.68. The second kappa shape index (κ2) is 4.68. The van der Waals surface area contributed by atoms with Gasteiger partial charge in [-0.25, -0.2) is 4.79 Å². The van der Waals surface area contributed by atoms with Crippen LogP contribution in [0.1, 0.15) is 47.0 Å². The molecule has 0 aromatic heterocycles. The SMILES string of the molecule is CCOC12CC3=CCCC(C)C3(C)C(O)C1=C(C)C(=O)O2. The van der Waals surface area contributed by atoms with E-state index in [1.807, 2.05) is 6.92 Å². The Labute approximate surface area is 125 Å². The molecule has 3 aliphatic rings. The van der Waals surface area contributed by atoms with E-state index in [4.69, 9.17) is 9.47 Å². The van der Waals surface area contributed by atoms with Crippen LogP contribution in [0.25, 0.3) is 0 Å². The van der Waals surface area contributed by atoms with E-state index >= 15 is 0 Å². The molecule has 1 saturated carbocycles. The number of fused-ring (bicyclic) bond motifs is 2. The highest BCUT2D eigenvalue weighted by Gasteiger charge is 2.61. The van der Waals surface area contributed by atoms with E-state index in [1.54, 1.807) is 6.92 Å². The maximum absolute atomic E-state index is 12.1. The van der Waals surface area contributed by atoms with Crippen LogP contribution in [0.4, 0.5) is 0 Å². The first-order valence-corrected chi connectivity index (χ1v) is 7.83. The number of aliphatic hydroxyl groups excluding tert-OH is 1. The summed E-state index contributed by atoms with van der Waals surface area (Å²) in [5, 5.41) is 11.1. The molecule has 0 bridgehead atoms. The van der Waals surface area contributed by atoms with Crippen LogP contribution in [0.15, 0.2) is 22.8 Å². The van der Waals surface area contributed by atoms with Gasteiger partial charge in [-0.15, -0.1) is 0 Å². The van der Waals surface area contributed by atoms with Crippen LogP contribution >= 0.6 is 0 Å². The maximum atomic E-state index is 12.1. The van der Waals surface area contributed by atoms with E-state index in [-0.39, 0.29) is 11.4 Å². The summed E-state index contributed by atoms with van der Waals surface area (Å²) in [5.41, 5.74) is 1.98. The lowest BCUT2D eigenvalue weighted by Gasteiger charge is -2.52. The third kappa shape index (κ3) is 1.78. The van der Waals surface area contributed by atoms with Crippen molar-refractivity contribution in [1.82, 2.24) is 0 Å². The molecule has 0 aromatic rings. The Hall–Kier alpha value is -1.13. The lowest BCUT2D eigenvalue weighted by Crippen LogP contribution is -2.55. The fraction of sp³-hybridized carbons (Fsp3) is 0.706. The standard InChI is InChI=1S/C17H24O4/c1-5-20-17-9-12-8-6-7-10(2)16(12,4)14(18)13(17)11(3)15(19)21-17/h8,10,14,18H,5-7,9H2,1-4H3. The van der Waals surface area contributed by atoms with Crippen molar-refractivity contribution in [3.05, 3.63) is 22.8 Å². The van der Waals surface area contributed by atoms with Gasteiger partial charge in [-0.05, 0) is 32.6 Å². The molecule has 0 radical (unpaired) electrons. The number of rotatable bonds is 2. The first-order chi connectivity index (χ1) is 9.86. The molecule has 0 aromatic carbocycles. The minimum Gasteiger partial charge on any atom is -0.425 e. The van der Waals surface area contributed by atoms with Gasteiger partial charge in [0.15, 0.2) is 0 Å². The Morgan fingerprint density at radius 1 is 1.52 bits per heavy atom. The van der Waals surface area contributed by atoms with Crippen LogP contribution in [-0.2, 0) is 14.3 Å². The zero-order chi connectivity index (χ0) is 15.4. The van der Waals surface area contributed by atoms with Gasteiger partial charge in [-0.1, -0.05) is 25.5 Å². The molecule has 3 rings (SSSR count). The van der Waals surface area contributed by atoms with Gasteiger partial charge in [-0.2, -0.15) is 0 Å². The predicted octanol–water partition coefficient (Wildman–Crippen LogP) is 2.72. The summed E-state index contributed by atoms with van der Waals surface area (Å²) >= 11 is 0. The highest BCUT2D eigenvalue weighted by molar-refractivity contribution is 5.92. The van der Waals surface area contributed by atoms with Gasteiger partial charge >= 0.3 is 5.97 Å². The third-order valence-electron chi connectivity index (χ3n) is 5.73. The topological polar surface area (TPSA) is 55.8 Å². The second-order valence-corrected chi connectivity index (χ2v) is 6.68. The quantitative estimate of drug-likeness (QED) is 0.628. The molecule has 1 aliphatic heterocycles. The average Bonchev–Trinajstić information content (AvgIpc) is 2.66. The van der Waals surface area contributed by atoms with Crippen LogP contribution < -0.4 is 0 Å². The van der Waals surface area contributed by atoms with E-state index < -0.39 is 11.9 Å². The molecular formula is C17H24O4. The van der Waals surface area contributed by atoms with E-state index in [0.717, 1.165) is 18.4 Å². The lowest BCUT2D eigenvalue weighted by atomic mass is 9.56. The first-order valence-electron chi connectivity index (χ1n) is 7.83. The van der Waals surface area contributed by atoms with E-state index in [9.17, 15) is 9.90 Å². The number of hydrogen-bond donors (Lipinski definition) is 1. The zero-order valence-electron chi connectivity index (χ0n) is 13.2. The van der Waals surface area contributed by atoms with Gasteiger partial charge in [0.25, 0.3) is 0 Å². The number of carbonyl (C=O) groups is 1. The van der Waals surface area contributed by atoms with E-state index in [2.05, 4.69) is 19.9 Å². The Kier molecular flexibility index (Phi) is 3.30. The van der Waals surface area contributed by atoms with Crippen molar-refractivity contribution in [2.45, 2.75) is 58.8 Å². The smallest absolute Gasteiger partial charge is 0.336 e. The normalized spacial score (nSPS) is 42.3. The summed E-state index contributed by atoms with van der Waals surface area (Å²) < 4.78 is 11.4. The van der Waals surface area contributed by atoms with Crippen molar-refractivity contribution >= 4 is 5.97 Å². The number of aliphatic hydroxyl groups is 1. The predicted molar refractivity (Wildman–Crippen MR) is 78.4 cm³/mol. The summed E-state index contributed by atoms with van der Waals surface area (Å²) in [4.78, 5) is 12.1. The van der Waals surface area contributed by atoms with Gasteiger partial charge in [0, 0.05) is 29.6 Å². The molecule has 1 heterocycles. The van der Waals surface area contributed by atoms with Crippen molar-refractivity contribution < 1.29 is 19.4 Å². The molecule has 0 saturated heterocycles. The molecule has 4 atom stereocenters. The van der Waals surface area contributed by atoms with Crippen LogP contribution in [0, 0.1) is 11.3 Å².